The number of aldehydes is 1. The zero-order valence-corrected chi connectivity index (χ0v) is 6.71. The lowest BCUT2D eigenvalue weighted by Crippen LogP contribution is -1.77. The van der Waals surface area contributed by atoms with Gasteiger partial charge in [0.2, 0.25) is 0 Å². The largest absolute Gasteiger partial charge is 0.298 e. The first kappa shape index (κ1) is 9.63. The summed E-state index contributed by atoms with van der Waals surface area (Å²) in [5.74, 6) is 0. The van der Waals surface area contributed by atoms with E-state index in [0.29, 0.717) is 0 Å². The quantitative estimate of drug-likeness (QED) is 0.442. The third-order valence-electron chi connectivity index (χ3n) is 1.21. The van der Waals surface area contributed by atoms with Crippen LogP contribution in [0.4, 0.5) is 0 Å². The Hall–Kier alpha value is -1.37. The van der Waals surface area contributed by atoms with Gasteiger partial charge in [-0.1, -0.05) is 29.8 Å². The second-order valence-electron chi connectivity index (χ2n) is 2.03. The molecule has 0 aliphatic carbocycles. The fourth-order valence-corrected chi connectivity index (χ4v) is 0.645. The first-order chi connectivity index (χ1) is 5.33. The van der Waals surface area contributed by atoms with E-state index in [1.165, 1.54) is 5.56 Å². The average molecular weight is 148 g/mol. The first-order valence-electron chi connectivity index (χ1n) is 3.35. The van der Waals surface area contributed by atoms with Gasteiger partial charge in [-0.25, -0.2) is 0 Å². The molecule has 0 aliphatic heterocycles. The van der Waals surface area contributed by atoms with Crippen LogP contribution < -0.4 is 0 Å². The maximum absolute atomic E-state index is 10.1. The van der Waals surface area contributed by atoms with Crippen LogP contribution >= 0.6 is 0 Å². The lowest BCUT2D eigenvalue weighted by molar-refractivity contribution is 0.112. The van der Waals surface area contributed by atoms with Crippen LogP contribution in [0.5, 0.6) is 0 Å². The van der Waals surface area contributed by atoms with Crippen molar-refractivity contribution in [3.05, 3.63) is 48.6 Å². The van der Waals surface area contributed by atoms with E-state index in [4.69, 9.17) is 0 Å². The number of rotatable bonds is 1. The van der Waals surface area contributed by atoms with Gasteiger partial charge in [-0.05, 0) is 6.92 Å². The minimum atomic E-state index is 0.737. The van der Waals surface area contributed by atoms with Crippen molar-refractivity contribution in [2.45, 2.75) is 6.92 Å². The van der Waals surface area contributed by atoms with E-state index < -0.39 is 0 Å². The summed E-state index contributed by atoms with van der Waals surface area (Å²) in [6.45, 7) is 7.99. The molecule has 0 radical (unpaired) electrons. The Kier molecular flexibility index (Phi) is 4.74. The first-order valence-corrected chi connectivity index (χ1v) is 3.35. The highest BCUT2D eigenvalue weighted by Crippen LogP contribution is 1.98. The molecule has 0 aliphatic rings. The van der Waals surface area contributed by atoms with E-state index in [1.54, 1.807) is 0 Å². The van der Waals surface area contributed by atoms with Crippen LogP contribution in [-0.4, -0.2) is 6.29 Å². The molecule has 0 spiro atoms. The van der Waals surface area contributed by atoms with Crippen LogP contribution in [0.1, 0.15) is 15.9 Å². The van der Waals surface area contributed by atoms with Crippen molar-refractivity contribution in [1.82, 2.24) is 0 Å². The second kappa shape index (κ2) is 5.42. The highest BCUT2D eigenvalue weighted by atomic mass is 16.1. The van der Waals surface area contributed by atoms with E-state index in [-0.39, 0.29) is 0 Å². The highest BCUT2D eigenvalue weighted by molar-refractivity contribution is 5.74. The minimum absolute atomic E-state index is 0.737. The van der Waals surface area contributed by atoms with Crippen LogP contribution in [0.3, 0.4) is 0 Å². The van der Waals surface area contributed by atoms with E-state index in [2.05, 4.69) is 13.2 Å². The zero-order valence-electron chi connectivity index (χ0n) is 6.71. The topological polar surface area (TPSA) is 17.1 Å². The molecular weight excluding hydrogens is 136 g/mol. The molecule has 1 nitrogen and oxygen atoms in total. The molecule has 0 heterocycles. The van der Waals surface area contributed by atoms with Crippen molar-refractivity contribution < 1.29 is 4.79 Å². The Bertz CT molecular complexity index is 211. The Labute approximate surface area is 67.4 Å². The van der Waals surface area contributed by atoms with E-state index in [9.17, 15) is 4.79 Å². The third-order valence-corrected chi connectivity index (χ3v) is 1.21. The SMILES string of the molecule is C=C.Cc1ccc(C=O)cc1. The van der Waals surface area contributed by atoms with Crippen molar-refractivity contribution in [2.24, 2.45) is 0 Å². The Morgan fingerprint density at radius 3 is 2.00 bits per heavy atom. The van der Waals surface area contributed by atoms with Crippen LogP contribution in [-0.2, 0) is 0 Å². The summed E-state index contributed by atoms with van der Waals surface area (Å²) in [7, 11) is 0. The predicted molar refractivity (Wildman–Crippen MR) is 47.8 cm³/mol. The number of hydrogen-bond acceptors (Lipinski definition) is 1. The van der Waals surface area contributed by atoms with Crippen molar-refractivity contribution in [3.63, 3.8) is 0 Å². The predicted octanol–water partition coefficient (Wildman–Crippen LogP) is 2.61. The molecule has 0 saturated carbocycles. The summed E-state index contributed by atoms with van der Waals surface area (Å²) in [5.41, 5.74) is 1.92. The maximum atomic E-state index is 10.1. The molecule has 11 heavy (non-hydrogen) atoms. The highest BCUT2D eigenvalue weighted by Gasteiger charge is 1.85. The molecule has 0 N–H and O–H groups in total. The number of carbonyl (C=O) groups is 1. The van der Waals surface area contributed by atoms with Crippen molar-refractivity contribution in [1.29, 1.82) is 0 Å². The van der Waals surface area contributed by atoms with Crippen LogP contribution in [0.15, 0.2) is 37.4 Å². The molecular formula is C10H12O. The smallest absolute Gasteiger partial charge is 0.150 e. The summed E-state index contributed by atoms with van der Waals surface area (Å²) < 4.78 is 0. The van der Waals surface area contributed by atoms with E-state index in [1.807, 2.05) is 31.2 Å². The standard InChI is InChI=1S/C8H8O.C2H4/c1-7-2-4-8(6-9)5-3-7;1-2/h2-6H,1H3;1-2H2. The molecule has 0 atom stereocenters. The molecule has 0 unspecified atom stereocenters. The fraction of sp³-hybridized carbons (Fsp3) is 0.100. The van der Waals surface area contributed by atoms with Gasteiger partial charge in [-0.15, -0.1) is 13.2 Å². The van der Waals surface area contributed by atoms with Crippen molar-refractivity contribution >= 4 is 6.29 Å². The summed E-state index contributed by atoms with van der Waals surface area (Å²) in [5, 5.41) is 0. The van der Waals surface area contributed by atoms with Crippen LogP contribution in [0, 0.1) is 6.92 Å². The molecule has 0 fully saturated rings. The van der Waals surface area contributed by atoms with Gasteiger partial charge in [0.15, 0.2) is 0 Å². The van der Waals surface area contributed by atoms with Gasteiger partial charge in [0.25, 0.3) is 0 Å². The Balaban J connectivity index is 0.000000461. The second-order valence-corrected chi connectivity index (χ2v) is 2.03. The molecule has 58 valence electrons. The molecule has 1 aromatic carbocycles. The number of carbonyl (C=O) groups excluding carboxylic acids is 1. The number of hydrogen-bond donors (Lipinski definition) is 0. The molecule has 1 rings (SSSR count). The van der Waals surface area contributed by atoms with Crippen molar-refractivity contribution in [2.75, 3.05) is 0 Å². The third kappa shape index (κ3) is 3.36. The van der Waals surface area contributed by atoms with Crippen LogP contribution in [0.25, 0.3) is 0 Å². The Morgan fingerprint density at radius 1 is 1.18 bits per heavy atom. The van der Waals surface area contributed by atoms with Gasteiger partial charge in [-0.3, -0.25) is 4.79 Å². The summed E-state index contributed by atoms with van der Waals surface area (Å²) >= 11 is 0. The fourth-order valence-electron chi connectivity index (χ4n) is 0.645. The van der Waals surface area contributed by atoms with Crippen LogP contribution in [0.2, 0.25) is 0 Å². The minimum Gasteiger partial charge on any atom is -0.298 e. The number of benzene rings is 1. The van der Waals surface area contributed by atoms with E-state index in [0.717, 1.165) is 11.8 Å². The number of aryl methyl sites for hydroxylation is 1. The lowest BCUT2D eigenvalue weighted by atomic mass is 10.2. The summed E-state index contributed by atoms with van der Waals surface area (Å²) in [6, 6.07) is 7.46. The normalized spacial score (nSPS) is 7.73. The molecule has 0 aromatic heterocycles. The van der Waals surface area contributed by atoms with E-state index >= 15 is 0 Å². The zero-order chi connectivity index (χ0) is 8.69. The molecule has 0 saturated heterocycles. The summed E-state index contributed by atoms with van der Waals surface area (Å²) in [6.07, 6.45) is 0.847. The van der Waals surface area contributed by atoms with Crippen molar-refractivity contribution in [3.8, 4) is 0 Å². The lowest BCUT2D eigenvalue weighted by Gasteiger charge is -1.89. The molecule has 0 amide bonds. The Morgan fingerprint density at radius 2 is 1.64 bits per heavy atom. The van der Waals surface area contributed by atoms with Gasteiger partial charge in [0, 0.05) is 5.56 Å². The average Bonchev–Trinajstić information content (AvgIpc) is 2.10. The van der Waals surface area contributed by atoms with Gasteiger partial charge in [0.05, 0.1) is 0 Å². The molecule has 1 heteroatoms. The molecule has 1 aromatic rings. The van der Waals surface area contributed by atoms with Gasteiger partial charge in [0.1, 0.15) is 6.29 Å². The van der Waals surface area contributed by atoms with Gasteiger partial charge >= 0.3 is 0 Å². The molecule has 0 bridgehead atoms. The van der Waals surface area contributed by atoms with Gasteiger partial charge in [-0.2, -0.15) is 0 Å². The maximum Gasteiger partial charge on any atom is 0.150 e. The van der Waals surface area contributed by atoms with Gasteiger partial charge < -0.3 is 0 Å². The monoisotopic (exact) mass is 148 g/mol. The summed E-state index contributed by atoms with van der Waals surface area (Å²) in [4.78, 5) is 10.1.